The van der Waals surface area contributed by atoms with E-state index in [0.717, 1.165) is 22.9 Å². The molecule has 25 heavy (non-hydrogen) atoms. The summed E-state index contributed by atoms with van der Waals surface area (Å²) in [5.74, 6) is 1.89. The van der Waals surface area contributed by atoms with Crippen molar-refractivity contribution in [3.8, 4) is 11.3 Å². The highest BCUT2D eigenvalue weighted by Crippen LogP contribution is 2.23. The largest absolute Gasteiger partial charge is 0.462 e. The van der Waals surface area contributed by atoms with Crippen LogP contribution in [0.1, 0.15) is 28.9 Å². The Bertz CT molecular complexity index is 924. The van der Waals surface area contributed by atoms with Crippen LogP contribution < -0.4 is 5.43 Å². The van der Waals surface area contributed by atoms with Gasteiger partial charge in [-0.25, -0.2) is 9.47 Å². The molecule has 8 heteroatoms. The van der Waals surface area contributed by atoms with Gasteiger partial charge in [-0.3, -0.25) is 5.10 Å². The molecule has 0 aliphatic rings. The van der Waals surface area contributed by atoms with Gasteiger partial charge < -0.3 is 14.6 Å². The smallest absolute Gasteiger partial charge is 0.338 e. The summed E-state index contributed by atoms with van der Waals surface area (Å²) in [6, 6.07) is 10.9. The van der Waals surface area contributed by atoms with Crippen molar-refractivity contribution in [1.82, 2.24) is 14.9 Å². The first kappa shape index (κ1) is 17.0. The van der Waals surface area contributed by atoms with Crippen LogP contribution in [0.25, 0.3) is 11.3 Å². The summed E-state index contributed by atoms with van der Waals surface area (Å²) in [5, 5.41) is 6.74. The number of carbonyl (C=O) groups is 1. The summed E-state index contributed by atoms with van der Waals surface area (Å²) in [6.45, 7) is 4.45. The zero-order valence-electron chi connectivity index (χ0n) is 13.9. The molecule has 0 aliphatic heterocycles. The normalized spacial score (nSPS) is 10.6. The summed E-state index contributed by atoms with van der Waals surface area (Å²) in [6.07, 6.45) is 0. The van der Waals surface area contributed by atoms with Gasteiger partial charge >= 0.3 is 5.97 Å². The van der Waals surface area contributed by atoms with Gasteiger partial charge in [-0.05, 0) is 50.3 Å². The number of aromatic amines is 1. The van der Waals surface area contributed by atoms with Gasteiger partial charge in [0.25, 0.3) is 0 Å². The van der Waals surface area contributed by atoms with E-state index in [1.165, 1.54) is 0 Å². The molecule has 0 aliphatic carbocycles. The number of nitrogens with one attached hydrogen (secondary N) is 2. The van der Waals surface area contributed by atoms with E-state index in [2.05, 4.69) is 15.6 Å². The van der Waals surface area contributed by atoms with Crippen molar-refractivity contribution >= 4 is 18.2 Å². The van der Waals surface area contributed by atoms with Gasteiger partial charge in [-0.15, -0.1) is 0 Å². The molecule has 3 rings (SSSR count). The predicted molar refractivity (Wildman–Crippen MR) is 95.3 cm³/mol. The number of carbonyl (C=O) groups excluding carboxylic acids is 1. The van der Waals surface area contributed by atoms with E-state index < -0.39 is 0 Å². The Balaban J connectivity index is 1.69. The van der Waals surface area contributed by atoms with Crippen molar-refractivity contribution < 1.29 is 13.9 Å². The summed E-state index contributed by atoms with van der Waals surface area (Å²) in [5.41, 5.74) is 4.55. The van der Waals surface area contributed by atoms with Crippen molar-refractivity contribution in [2.24, 2.45) is 0 Å². The third-order valence-corrected chi connectivity index (χ3v) is 3.87. The number of nitrogens with zero attached hydrogens (tertiary/aromatic N) is 2. The molecular weight excluding hydrogens is 340 g/mol. The van der Waals surface area contributed by atoms with E-state index in [0.29, 0.717) is 23.5 Å². The Labute approximate surface area is 149 Å². The maximum atomic E-state index is 11.7. The Hall–Kier alpha value is -2.87. The standard InChI is InChI=1S/C17H18N4O3S/c1-3-23-16(22)13-6-4-12(5-7-13)15-9-8-14(24-15)10-18-21-11(2)19-20-17(21)25/h4-9,18H,3,10H2,1-2H3,(H,20,25). The zero-order chi connectivity index (χ0) is 17.8. The number of H-pyrrole nitrogens is 1. The average Bonchev–Trinajstić information content (AvgIpc) is 3.21. The SMILES string of the molecule is CCOC(=O)c1ccc(-c2ccc(CNn3c(C)n[nH]c3=S)o2)cc1. The van der Waals surface area contributed by atoms with Crippen LogP contribution in [0.15, 0.2) is 40.8 Å². The van der Waals surface area contributed by atoms with Crippen LogP contribution in [-0.4, -0.2) is 27.4 Å². The van der Waals surface area contributed by atoms with Gasteiger partial charge in [0, 0.05) is 5.56 Å². The second-order valence-electron chi connectivity index (χ2n) is 5.31. The van der Waals surface area contributed by atoms with Crippen molar-refractivity contribution in [2.45, 2.75) is 20.4 Å². The summed E-state index contributed by atoms with van der Waals surface area (Å²) in [4.78, 5) is 11.7. The lowest BCUT2D eigenvalue weighted by Gasteiger charge is -2.06. The van der Waals surface area contributed by atoms with Crippen LogP contribution in [-0.2, 0) is 11.3 Å². The molecule has 0 fully saturated rings. The molecule has 0 atom stereocenters. The maximum Gasteiger partial charge on any atom is 0.338 e. The number of benzene rings is 1. The quantitative estimate of drug-likeness (QED) is 0.519. The van der Waals surface area contributed by atoms with Crippen LogP contribution in [0.4, 0.5) is 0 Å². The lowest BCUT2D eigenvalue weighted by Crippen LogP contribution is -2.15. The molecule has 0 saturated heterocycles. The van der Waals surface area contributed by atoms with Gasteiger partial charge in [0.2, 0.25) is 4.77 Å². The highest BCUT2D eigenvalue weighted by molar-refractivity contribution is 7.71. The molecule has 1 aromatic carbocycles. The van der Waals surface area contributed by atoms with Crippen LogP contribution in [0, 0.1) is 11.7 Å². The number of hydrogen-bond acceptors (Lipinski definition) is 6. The van der Waals surface area contributed by atoms with Crippen LogP contribution in [0.5, 0.6) is 0 Å². The average molecular weight is 358 g/mol. The molecule has 2 N–H and O–H groups in total. The predicted octanol–water partition coefficient (Wildman–Crippen LogP) is 3.43. The fourth-order valence-electron chi connectivity index (χ4n) is 2.33. The number of furan rings is 1. The zero-order valence-corrected chi connectivity index (χ0v) is 14.7. The molecule has 0 unspecified atom stereocenters. The molecule has 0 radical (unpaired) electrons. The Morgan fingerprint density at radius 2 is 2.08 bits per heavy atom. The maximum absolute atomic E-state index is 11.7. The molecule has 0 saturated carbocycles. The second-order valence-corrected chi connectivity index (χ2v) is 5.70. The molecule has 7 nitrogen and oxygen atoms in total. The summed E-state index contributed by atoms with van der Waals surface area (Å²) in [7, 11) is 0. The Morgan fingerprint density at radius 3 is 2.72 bits per heavy atom. The number of hydrogen-bond donors (Lipinski definition) is 2. The number of esters is 1. The Morgan fingerprint density at radius 1 is 1.32 bits per heavy atom. The van der Waals surface area contributed by atoms with E-state index in [4.69, 9.17) is 21.4 Å². The highest BCUT2D eigenvalue weighted by atomic mass is 32.1. The van der Waals surface area contributed by atoms with Gasteiger partial charge in [-0.2, -0.15) is 5.10 Å². The molecule has 130 valence electrons. The molecule has 3 aromatic rings. The highest BCUT2D eigenvalue weighted by Gasteiger charge is 2.09. The van der Waals surface area contributed by atoms with Gasteiger partial charge in [0.15, 0.2) is 0 Å². The van der Waals surface area contributed by atoms with Crippen molar-refractivity contribution in [2.75, 3.05) is 12.0 Å². The lowest BCUT2D eigenvalue weighted by atomic mass is 10.1. The van der Waals surface area contributed by atoms with Crippen molar-refractivity contribution in [3.63, 3.8) is 0 Å². The Kier molecular flexibility index (Phi) is 4.99. The minimum Gasteiger partial charge on any atom is -0.462 e. The van der Waals surface area contributed by atoms with E-state index in [-0.39, 0.29) is 5.97 Å². The summed E-state index contributed by atoms with van der Waals surface area (Å²) < 4.78 is 13.0. The number of aromatic nitrogens is 3. The molecule has 0 amide bonds. The first-order valence-corrected chi connectivity index (χ1v) is 8.23. The minimum absolute atomic E-state index is 0.328. The minimum atomic E-state index is -0.328. The van der Waals surface area contributed by atoms with E-state index in [1.54, 1.807) is 23.7 Å². The molecule has 0 bridgehead atoms. The molecule has 2 aromatic heterocycles. The fraction of sp³-hybridized carbons (Fsp3) is 0.235. The first-order chi connectivity index (χ1) is 12.1. The number of rotatable bonds is 6. The van der Waals surface area contributed by atoms with Crippen LogP contribution in [0.2, 0.25) is 0 Å². The van der Waals surface area contributed by atoms with Gasteiger partial charge in [0.05, 0.1) is 18.7 Å². The monoisotopic (exact) mass is 358 g/mol. The number of ether oxygens (including phenoxy) is 1. The lowest BCUT2D eigenvalue weighted by molar-refractivity contribution is 0.0526. The van der Waals surface area contributed by atoms with E-state index in [1.807, 2.05) is 31.2 Å². The first-order valence-electron chi connectivity index (χ1n) is 7.82. The van der Waals surface area contributed by atoms with Gasteiger partial charge in [0.1, 0.15) is 17.3 Å². The van der Waals surface area contributed by atoms with E-state index >= 15 is 0 Å². The molecular formula is C17H18N4O3S. The van der Waals surface area contributed by atoms with Crippen molar-refractivity contribution in [3.05, 3.63) is 58.3 Å². The van der Waals surface area contributed by atoms with Crippen molar-refractivity contribution in [1.29, 1.82) is 0 Å². The topological polar surface area (TPSA) is 85.1 Å². The fourth-order valence-corrected chi connectivity index (χ4v) is 2.57. The third-order valence-electron chi connectivity index (χ3n) is 3.59. The van der Waals surface area contributed by atoms with Gasteiger partial charge in [-0.1, -0.05) is 12.1 Å². The molecule has 2 heterocycles. The van der Waals surface area contributed by atoms with Crippen LogP contribution in [0.3, 0.4) is 0 Å². The third kappa shape index (κ3) is 3.80. The summed E-state index contributed by atoms with van der Waals surface area (Å²) >= 11 is 5.14. The number of aryl methyl sites for hydroxylation is 1. The van der Waals surface area contributed by atoms with E-state index in [9.17, 15) is 4.79 Å². The molecule has 0 spiro atoms. The van der Waals surface area contributed by atoms with Crippen LogP contribution >= 0.6 is 12.2 Å². The second kappa shape index (κ2) is 7.35.